The fourth-order valence-electron chi connectivity index (χ4n) is 6.79. The molecule has 0 saturated heterocycles. The van der Waals surface area contributed by atoms with Gasteiger partial charge in [0.2, 0.25) is 0 Å². The van der Waals surface area contributed by atoms with Crippen molar-refractivity contribution in [3.8, 4) is 0 Å². The summed E-state index contributed by atoms with van der Waals surface area (Å²) in [4.78, 5) is 4.43. The highest BCUT2D eigenvalue weighted by Gasteiger charge is 2.50. The molecule has 0 radical (unpaired) electrons. The maximum atomic E-state index is 6.10. The molecule has 4 aliphatic rings. The summed E-state index contributed by atoms with van der Waals surface area (Å²) in [7, 11) is 0. The molecule has 150 valence electrons. The minimum absolute atomic E-state index is 0.449. The van der Waals surface area contributed by atoms with E-state index in [1.807, 2.05) is 18.3 Å². The molecular weight excluding hydrogens is 366 g/mol. The fraction of sp³-hybridized carbons (Fsp3) is 0.625. The highest BCUT2D eigenvalue weighted by atomic mass is 35.5. The molecule has 1 aromatic carbocycles. The van der Waals surface area contributed by atoms with Crippen LogP contribution in [0.2, 0.25) is 5.02 Å². The number of fused-ring (bicyclic) bond motifs is 1. The number of benzene rings is 1. The second-order valence-corrected chi connectivity index (χ2v) is 10.4. The summed E-state index contributed by atoms with van der Waals surface area (Å²) in [6.45, 7) is 4.36. The first-order valence-electron chi connectivity index (χ1n) is 11.1. The molecule has 2 aromatic rings. The van der Waals surface area contributed by atoms with E-state index in [2.05, 4.69) is 34.7 Å². The first kappa shape index (κ1) is 18.7. The number of anilines is 1. The number of halogens is 1. The third-order valence-corrected chi connectivity index (χ3v) is 7.85. The second kappa shape index (κ2) is 7.50. The second-order valence-electron chi connectivity index (χ2n) is 9.92. The Labute approximate surface area is 173 Å². The summed E-state index contributed by atoms with van der Waals surface area (Å²) in [5.41, 5.74) is 2.76. The zero-order valence-corrected chi connectivity index (χ0v) is 17.6. The number of pyridine rings is 1. The van der Waals surface area contributed by atoms with Crippen molar-refractivity contribution < 1.29 is 0 Å². The van der Waals surface area contributed by atoms with Crippen LogP contribution in [0.1, 0.15) is 51.9 Å². The lowest BCUT2D eigenvalue weighted by Gasteiger charge is -2.57. The van der Waals surface area contributed by atoms with Crippen LogP contribution in [0.3, 0.4) is 0 Å². The molecule has 0 aliphatic heterocycles. The topological polar surface area (TPSA) is 37.0 Å². The Hall–Kier alpha value is -1.32. The number of nitrogens with zero attached hydrogens (tertiary/aromatic N) is 1. The van der Waals surface area contributed by atoms with Crippen LogP contribution in [0.4, 0.5) is 5.69 Å². The van der Waals surface area contributed by atoms with Gasteiger partial charge in [0.05, 0.1) is 5.52 Å². The molecule has 1 heterocycles. The van der Waals surface area contributed by atoms with Gasteiger partial charge in [-0.15, -0.1) is 0 Å². The quantitative estimate of drug-likeness (QED) is 0.612. The van der Waals surface area contributed by atoms with E-state index >= 15 is 0 Å². The SMILES string of the molecule is CC(CNc1ccnc2cc(Cl)ccc12)NCCC12CC3CC(CC(C3)C1)C2. The normalized spacial score (nSPS) is 32.0. The van der Waals surface area contributed by atoms with Gasteiger partial charge in [-0.05, 0) is 106 Å². The van der Waals surface area contributed by atoms with E-state index in [1.54, 1.807) is 0 Å². The van der Waals surface area contributed by atoms with Gasteiger partial charge in [0.15, 0.2) is 0 Å². The molecule has 1 atom stereocenters. The van der Waals surface area contributed by atoms with Gasteiger partial charge < -0.3 is 10.6 Å². The van der Waals surface area contributed by atoms with Gasteiger partial charge in [-0.25, -0.2) is 0 Å². The van der Waals surface area contributed by atoms with Crippen LogP contribution in [0, 0.1) is 23.2 Å². The molecule has 4 bridgehead atoms. The van der Waals surface area contributed by atoms with Crippen LogP contribution in [0.5, 0.6) is 0 Å². The van der Waals surface area contributed by atoms with Gasteiger partial charge in [-0.1, -0.05) is 11.6 Å². The maximum Gasteiger partial charge on any atom is 0.0737 e. The summed E-state index contributed by atoms with van der Waals surface area (Å²) in [5, 5.41) is 9.26. The Kier molecular flexibility index (Phi) is 5.00. The van der Waals surface area contributed by atoms with E-state index in [0.29, 0.717) is 11.5 Å². The standard InChI is InChI=1S/C24H32ClN3/c1-16(15-28-22-4-6-27-23-11-20(25)2-3-21(22)23)26-7-5-24-12-17-8-18(13-24)10-19(9-17)14-24/h2-4,6,11,16-19,26H,5,7-10,12-15H2,1H3,(H,27,28). The van der Waals surface area contributed by atoms with Crippen molar-refractivity contribution in [3.63, 3.8) is 0 Å². The molecule has 3 nitrogen and oxygen atoms in total. The molecular formula is C24H32ClN3. The van der Waals surface area contributed by atoms with Gasteiger partial charge in [0.1, 0.15) is 0 Å². The molecule has 0 spiro atoms. The maximum absolute atomic E-state index is 6.10. The predicted octanol–water partition coefficient (Wildman–Crippen LogP) is 5.88. The van der Waals surface area contributed by atoms with Crippen molar-refractivity contribution in [2.75, 3.05) is 18.4 Å². The van der Waals surface area contributed by atoms with E-state index < -0.39 is 0 Å². The third-order valence-electron chi connectivity index (χ3n) is 7.62. The van der Waals surface area contributed by atoms with Crippen molar-refractivity contribution in [3.05, 3.63) is 35.5 Å². The lowest BCUT2D eigenvalue weighted by atomic mass is 9.49. The summed E-state index contributed by atoms with van der Waals surface area (Å²) >= 11 is 6.10. The molecule has 4 fully saturated rings. The summed E-state index contributed by atoms with van der Waals surface area (Å²) in [5.74, 6) is 3.16. The lowest BCUT2D eigenvalue weighted by molar-refractivity contribution is -0.0569. The molecule has 4 saturated carbocycles. The van der Waals surface area contributed by atoms with Crippen LogP contribution in [-0.4, -0.2) is 24.1 Å². The number of aromatic nitrogens is 1. The first-order chi connectivity index (χ1) is 13.6. The van der Waals surface area contributed by atoms with E-state index in [-0.39, 0.29) is 0 Å². The van der Waals surface area contributed by atoms with Crippen molar-refractivity contribution >= 4 is 28.2 Å². The minimum Gasteiger partial charge on any atom is -0.383 e. The Morgan fingerprint density at radius 2 is 1.82 bits per heavy atom. The average molecular weight is 398 g/mol. The van der Waals surface area contributed by atoms with Gasteiger partial charge in [-0.3, -0.25) is 4.98 Å². The summed E-state index contributed by atoms with van der Waals surface area (Å²) in [6.07, 6.45) is 12.4. The lowest BCUT2D eigenvalue weighted by Crippen LogP contribution is -2.47. The highest BCUT2D eigenvalue weighted by Crippen LogP contribution is 2.61. The summed E-state index contributed by atoms with van der Waals surface area (Å²) < 4.78 is 0. The molecule has 1 aromatic heterocycles. The molecule has 28 heavy (non-hydrogen) atoms. The molecule has 6 rings (SSSR count). The predicted molar refractivity (Wildman–Crippen MR) is 118 cm³/mol. The third kappa shape index (κ3) is 3.76. The average Bonchev–Trinajstić information content (AvgIpc) is 2.64. The molecule has 2 N–H and O–H groups in total. The van der Waals surface area contributed by atoms with E-state index in [4.69, 9.17) is 11.6 Å². The minimum atomic E-state index is 0.449. The number of rotatable bonds is 7. The smallest absolute Gasteiger partial charge is 0.0737 e. The van der Waals surface area contributed by atoms with Crippen molar-refractivity contribution in [2.45, 2.75) is 57.9 Å². The van der Waals surface area contributed by atoms with Crippen molar-refractivity contribution in [1.82, 2.24) is 10.3 Å². The van der Waals surface area contributed by atoms with Crippen molar-refractivity contribution in [1.29, 1.82) is 0 Å². The van der Waals surface area contributed by atoms with Gasteiger partial charge in [0, 0.05) is 34.9 Å². The monoisotopic (exact) mass is 397 g/mol. The van der Waals surface area contributed by atoms with Gasteiger partial charge in [-0.2, -0.15) is 0 Å². The van der Waals surface area contributed by atoms with Crippen LogP contribution >= 0.6 is 11.6 Å². The van der Waals surface area contributed by atoms with Gasteiger partial charge in [0.25, 0.3) is 0 Å². The van der Waals surface area contributed by atoms with E-state index in [0.717, 1.165) is 52.5 Å². The Balaban J connectivity index is 1.13. The van der Waals surface area contributed by atoms with Crippen LogP contribution in [0.15, 0.2) is 30.5 Å². The van der Waals surface area contributed by atoms with Crippen LogP contribution in [-0.2, 0) is 0 Å². The largest absolute Gasteiger partial charge is 0.383 e. The molecule has 1 unspecified atom stereocenters. The number of nitrogens with one attached hydrogen (secondary N) is 2. The Morgan fingerprint density at radius 1 is 1.11 bits per heavy atom. The highest BCUT2D eigenvalue weighted by molar-refractivity contribution is 6.31. The van der Waals surface area contributed by atoms with Crippen LogP contribution in [0.25, 0.3) is 10.9 Å². The number of hydrogen-bond acceptors (Lipinski definition) is 3. The van der Waals surface area contributed by atoms with Gasteiger partial charge >= 0.3 is 0 Å². The Bertz CT molecular complexity index is 814. The molecule has 4 heteroatoms. The van der Waals surface area contributed by atoms with E-state index in [1.165, 1.54) is 44.9 Å². The zero-order chi connectivity index (χ0) is 19.1. The van der Waals surface area contributed by atoms with Crippen LogP contribution < -0.4 is 10.6 Å². The first-order valence-corrected chi connectivity index (χ1v) is 11.5. The zero-order valence-electron chi connectivity index (χ0n) is 16.9. The fourth-order valence-corrected chi connectivity index (χ4v) is 6.96. The molecule has 0 amide bonds. The number of hydrogen-bond donors (Lipinski definition) is 2. The summed E-state index contributed by atoms with van der Waals surface area (Å²) in [6, 6.07) is 8.42. The molecule has 4 aliphatic carbocycles. The Morgan fingerprint density at radius 3 is 2.54 bits per heavy atom. The van der Waals surface area contributed by atoms with E-state index in [9.17, 15) is 0 Å². The van der Waals surface area contributed by atoms with Crippen molar-refractivity contribution in [2.24, 2.45) is 23.2 Å².